The Bertz CT molecular complexity index is 1270. The van der Waals surface area contributed by atoms with E-state index < -0.39 is 30.3 Å². The maximum absolute atomic E-state index is 13.2. The quantitative estimate of drug-likeness (QED) is 0.553. The summed E-state index contributed by atoms with van der Waals surface area (Å²) in [7, 11) is 1.47. The average Bonchev–Trinajstić information content (AvgIpc) is 3.49. The third kappa shape index (κ3) is 2.78. The third-order valence-electron chi connectivity index (χ3n) is 7.67. The largest absolute Gasteiger partial charge is 0.504 e. The van der Waals surface area contributed by atoms with E-state index >= 15 is 0 Å². The molecule has 2 bridgehead atoms. The van der Waals surface area contributed by atoms with Gasteiger partial charge in [-0.3, -0.25) is 24.1 Å². The number of nitrogens with zero attached hydrogens (tertiary/aromatic N) is 1. The Morgan fingerprint density at radius 2 is 1.94 bits per heavy atom. The molecule has 9 nitrogen and oxygen atoms in total. The molecule has 3 fully saturated rings. The van der Waals surface area contributed by atoms with Crippen molar-refractivity contribution in [1.29, 1.82) is 0 Å². The number of aromatic hydroxyl groups is 1. The van der Waals surface area contributed by atoms with Gasteiger partial charge >= 0.3 is 10.8 Å². The van der Waals surface area contributed by atoms with Crippen molar-refractivity contribution < 1.29 is 29.3 Å². The van der Waals surface area contributed by atoms with Gasteiger partial charge in [0.25, 0.3) is 0 Å². The predicted molar refractivity (Wildman–Crippen MR) is 118 cm³/mol. The number of nitrogens with one attached hydrogen (secondary N) is 1. The molecule has 0 spiro atoms. The monoisotopic (exact) mass is 488 g/mol. The number of imide groups is 1. The van der Waals surface area contributed by atoms with Gasteiger partial charge in [0.15, 0.2) is 11.5 Å². The van der Waals surface area contributed by atoms with Crippen LogP contribution in [0.1, 0.15) is 22.8 Å². The Labute approximate surface area is 195 Å². The fourth-order valence-corrected chi connectivity index (χ4v) is 9.52. The lowest BCUT2D eigenvalue weighted by Gasteiger charge is -2.43. The molecule has 2 aromatic rings. The number of carbonyl (C=O) groups excluding carboxylic acids is 2. The van der Waals surface area contributed by atoms with Crippen molar-refractivity contribution in [3.05, 3.63) is 38.3 Å². The first-order valence-electron chi connectivity index (χ1n) is 10.6. The highest BCUT2D eigenvalue weighted by molar-refractivity contribution is 8.00. The van der Waals surface area contributed by atoms with Crippen LogP contribution < -0.4 is 9.61 Å². The summed E-state index contributed by atoms with van der Waals surface area (Å²) in [6.07, 6.45) is 0.723. The van der Waals surface area contributed by atoms with Crippen LogP contribution in [0, 0.1) is 29.6 Å². The molecule has 1 aromatic carbocycles. The predicted octanol–water partition coefficient (Wildman–Crippen LogP) is 1.71. The molecule has 172 valence electrons. The second-order valence-corrected chi connectivity index (χ2v) is 11.3. The average molecular weight is 489 g/mol. The fraction of sp³-hybridized carbons (Fsp3) is 0.455. The van der Waals surface area contributed by atoms with Crippen LogP contribution in [-0.2, 0) is 14.4 Å². The number of carbonyl (C=O) groups is 3. The number of aromatic nitrogens is 1. The van der Waals surface area contributed by atoms with E-state index in [0.29, 0.717) is 5.75 Å². The maximum Gasteiger partial charge on any atom is 0.323 e. The summed E-state index contributed by atoms with van der Waals surface area (Å²) in [5.41, 5.74) is 0.875. The number of H-pyrrole nitrogens is 1. The van der Waals surface area contributed by atoms with E-state index in [9.17, 15) is 29.4 Å². The molecular formula is C22H20N2O7S2. The maximum atomic E-state index is 13.2. The van der Waals surface area contributed by atoms with Gasteiger partial charge in [-0.1, -0.05) is 17.4 Å². The van der Waals surface area contributed by atoms with Crippen molar-refractivity contribution in [3.8, 4) is 11.5 Å². The topological polar surface area (TPSA) is 137 Å². The minimum atomic E-state index is -1.20. The first-order valence-corrected chi connectivity index (χ1v) is 12.3. The molecule has 2 aliphatic carbocycles. The molecule has 11 heteroatoms. The van der Waals surface area contributed by atoms with Gasteiger partial charge < -0.3 is 19.9 Å². The lowest BCUT2D eigenvalue weighted by atomic mass is 9.68. The first-order chi connectivity index (χ1) is 15.8. The number of thioether (sulfide) groups is 1. The Balaban J connectivity index is 1.46. The number of aromatic amines is 1. The molecule has 3 N–H and O–H groups in total. The number of carboxylic acid groups (broad SMARTS) is 1. The van der Waals surface area contributed by atoms with Crippen LogP contribution in [0.5, 0.6) is 11.5 Å². The lowest BCUT2D eigenvalue weighted by molar-refractivity contribution is -0.149. The van der Waals surface area contributed by atoms with E-state index in [1.54, 1.807) is 23.9 Å². The van der Waals surface area contributed by atoms with Crippen LogP contribution in [0.3, 0.4) is 0 Å². The third-order valence-corrected chi connectivity index (χ3v) is 10.3. The van der Waals surface area contributed by atoms with Gasteiger partial charge in [-0.2, -0.15) is 0 Å². The summed E-state index contributed by atoms with van der Waals surface area (Å²) in [4.78, 5) is 54.3. The number of hydrogen-bond acceptors (Lipinski definition) is 8. The van der Waals surface area contributed by atoms with Crippen LogP contribution >= 0.6 is 23.1 Å². The zero-order valence-electron chi connectivity index (χ0n) is 17.4. The summed E-state index contributed by atoms with van der Waals surface area (Å²) in [6, 6.07) is 5.14. The molecule has 33 heavy (non-hydrogen) atoms. The number of phenols is 1. The SMILES string of the molecule is COc1cc([C@H]2c3sc(=O)[nH]c3SC3C4CC(C5C(=O)N(CC(=O)O)C(=O)C45)C32)ccc1O. The molecule has 2 amide bonds. The second-order valence-electron chi connectivity index (χ2n) is 9.05. The molecule has 2 saturated carbocycles. The van der Waals surface area contributed by atoms with Crippen LogP contribution in [-0.4, -0.2) is 56.8 Å². The second kappa shape index (κ2) is 7.10. The summed E-state index contributed by atoms with van der Waals surface area (Å²) in [5.74, 6) is -3.03. The van der Waals surface area contributed by atoms with E-state index in [2.05, 4.69) is 4.98 Å². The van der Waals surface area contributed by atoms with Gasteiger partial charge in [-0.05, 0) is 41.9 Å². The molecule has 0 radical (unpaired) electrons. The molecule has 3 heterocycles. The van der Waals surface area contributed by atoms with Gasteiger partial charge in [0.1, 0.15) is 6.54 Å². The minimum absolute atomic E-state index is 0.00372. The van der Waals surface area contributed by atoms with Crippen LogP contribution in [0.25, 0.3) is 0 Å². The number of hydrogen-bond donors (Lipinski definition) is 3. The van der Waals surface area contributed by atoms with E-state index in [-0.39, 0.29) is 45.5 Å². The number of aliphatic carboxylic acids is 1. The molecule has 2 aliphatic heterocycles. The summed E-state index contributed by atoms with van der Waals surface area (Å²) < 4.78 is 5.31. The van der Waals surface area contributed by atoms with Gasteiger partial charge in [0.05, 0.1) is 24.0 Å². The number of carboxylic acids is 1. The molecule has 6 rings (SSSR count). The molecule has 1 saturated heterocycles. The number of amides is 2. The minimum Gasteiger partial charge on any atom is -0.504 e. The lowest BCUT2D eigenvalue weighted by Crippen LogP contribution is -2.42. The molecule has 7 atom stereocenters. The standard InChI is InChI=1S/C22H20N2O7S2/c1-31-11-4-7(2-3-10(11)25)13-14-8-5-9(17(14)32-19-18(13)33-22(30)23-19)16-15(8)20(28)24(21(16)29)6-12(26)27/h2-4,8-9,13-17,25H,5-6H2,1H3,(H,23,30)(H,26,27)/t8?,9?,13-,14?,15?,16?,17?/m1/s1. The highest BCUT2D eigenvalue weighted by Gasteiger charge is 2.69. The zero-order chi connectivity index (χ0) is 23.2. The van der Waals surface area contributed by atoms with E-state index in [1.807, 2.05) is 6.07 Å². The number of methoxy groups -OCH3 is 1. The number of ether oxygens (including phenoxy) is 1. The van der Waals surface area contributed by atoms with Crippen molar-refractivity contribution in [2.24, 2.45) is 29.6 Å². The first kappa shape index (κ1) is 20.8. The number of fused-ring (bicyclic) bond motifs is 9. The van der Waals surface area contributed by atoms with Gasteiger partial charge in [-0.25, -0.2) is 0 Å². The van der Waals surface area contributed by atoms with Crippen molar-refractivity contribution in [2.75, 3.05) is 13.7 Å². The molecule has 1 aromatic heterocycles. The number of thiazole rings is 1. The van der Waals surface area contributed by atoms with Crippen LogP contribution in [0.2, 0.25) is 0 Å². The van der Waals surface area contributed by atoms with Crippen LogP contribution in [0.4, 0.5) is 0 Å². The number of likely N-dealkylation sites (tertiary alicyclic amines) is 1. The van der Waals surface area contributed by atoms with E-state index in [1.165, 1.54) is 7.11 Å². The Morgan fingerprint density at radius 1 is 1.21 bits per heavy atom. The Hall–Kier alpha value is -2.79. The van der Waals surface area contributed by atoms with Gasteiger partial charge in [-0.15, -0.1) is 11.8 Å². The van der Waals surface area contributed by atoms with E-state index in [0.717, 1.165) is 38.1 Å². The molecule has 4 aliphatic rings. The Morgan fingerprint density at radius 3 is 2.64 bits per heavy atom. The van der Waals surface area contributed by atoms with Crippen molar-refractivity contribution in [1.82, 2.24) is 9.88 Å². The normalized spacial score (nSPS) is 33.7. The summed E-state index contributed by atoms with van der Waals surface area (Å²) in [5, 5.41) is 20.1. The zero-order valence-corrected chi connectivity index (χ0v) is 19.0. The van der Waals surface area contributed by atoms with Gasteiger partial charge in [0, 0.05) is 16.0 Å². The fourth-order valence-electron chi connectivity index (χ4n) is 6.63. The smallest absolute Gasteiger partial charge is 0.323 e. The number of rotatable bonds is 4. The number of benzene rings is 1. The highest BCUT2D eigenvalue weighted by atomic mass is 32.2. The Kier molecular flexibility index (Phi) is 4.47. The van der Waals surface area contributed by atoms with Crippen LogP contribution in [0.15, 0.2) is 28.0 Å². The van der Waals surface area contributed by atoms with E-state index in [4.69, 9.17) is 4.74 Å². The highest BCUT2D eigenvalue weighted by Crippen LogP contribution is 2.68. The van der Waals surface area contributed by atoms with Crippen molar-refractivity contribution in [2.45, 2.75) is 22.6 Å². The molecule has 6 unspecified atom stereocenters. The number of phenolic OH excluding ortho intramolecular Hbond substituents is 1. The summed E-state index contributed by atoms with van der Waals surface area (Å²) >= 11 is 2.71. The van der Waals surface area contributed by atoms with Crippen molar-refractivity contribution >= 4 is 40.9 Å². The summed E-state index contributed by atoms with van der Waals surface area (Å²) in [6.45, 7) is -0.605. The van der Waals surface area contributed by atoms with Crippen molar-refractivity contribution in [3.63, 3.8) is 0 Å². The molecular weight excluding hydrogens is 468 g/mol. The van der Waals surface area contributed by atoms with Gasteiger partial charge in [0.2, 0.25) is 11.8 Å².